The first-order valence-electron chi connectivity index (χ1n) is 8.75. The Balaban J connectivity index is 1.66. The first-order chi connectivity index (χ1) is 13.3. The number of nitrogens with zero attached hydrogens (tertiary/aromatic N) is 3. The van der Waals surface area contributed by atoms with Crippen LogP contribution in [0.25, 0.3) is 5.69 Å². The lowest BCUT2D eigenvalue weighted by molar-refractivity contribution is -0.121. The molecule has 8 nitrogen and oxygen atoms in total. The number of aromatic nitrogens is 4. The van der Waals surface area contributed by atoms with E-state index in [1.807, 2.05) is 13.8 Å². The highest BCUT2D eigenvalue weighted by Crippen LogP contribution is 2.20. The van der Waals surface area contributed by atoms with E-state index >= 15 is 0 Å². The summed E-state index contributed by atoms with van der Waals surface area (Å²) in [6.45, 7) is 3.81. The van der Waals surface area contributed by atoms with E-state index in [4.69, 9.17) is 0 Å². The van der Waals surface area contributed by atoms with E-state index in [-0.39, 0.29) is 30.7 Å². The lowest BCUT2D eigenvalue weighted by Crippen LogP contribution is -2.32. The summed E-state index contributed by atoms with van der Waals surface area (Å²) in [5.41, 5.74) is 1.15. The van der Waals surface area contributed by atoms with E-state index in [1.54, 1.807) is 23.0 Å². The molecular weight excluding hydrogens is 365 g/mol. The molecule has 1 aromatic carbocycles. The van der Waals surface area contributed by atoms with Gasteiger partial charge in [-0.25, -0.2) is 13.9 Å². The van der Waals surface area contributed by atoms with Gasteiger partial charge < -0.3 is 9.88 Å². The summed E-state index contributed by atoms with van der Waals surface area (Å²) in [5, 5.41) is 7.15. The smallest absolute Gasteiger partial charge is 0.328 e. The number of nitrogens with one attached hydrogen (secondary N) is 2. The topological polar surface area (TPSA) is 102 Å². The van der Waals surface area contributed by atoms with Crippen molar-refractivity contribution in [2.75, 3.05) is 0 Å². The second-order valence-electron chi connectivity index (χ2n) is 6.42. The van der Waals surface area contributed by atoms with Crippen molar-refractivity contribution < 1.29 is 9.18 Å². The fourth-order valence-corrected chi connectivity index (χ4v) is 2.95. The second kappa shape index (κ2) is 8.03. The van der Waals surface area contributed by atoms with Gasteiger partial charge in [-0.3, -0.25) is 14.6 Å². The summed E-state index contributed by atoms with van der Waals surface area (Å²) < 4.78 is 16.3. The third-order valence-electron chi connectivity index (χ3n) is 4.42. The zero-order valence-corrected chi connectivity index (χ0v) is 15.5. The molecule has 146 valence electrons. The highest BCUT2D eigenvalue weighted by molar-refractivity contribution is 5.76. The molecular formula is C19H20FN5O3. The molecule has 0 radical (unpaired) electrons. The van der Waals surface area contributed by atoms with Crippen molar-refractivity contribution in [1.82, 2.24) is 24.6 Å². The molecule has 9 heteroatoms. The average Bonchev–Trinajstić information content (AvgIpc) is 3.02. The number of hydrogen-bond acceptors (Lipinski definition) is 4. The molecule has 1 atom stereocenters. The Labute approximate surface area is 159 Å². The molecule has 3 rings (SSSR count). The number of benzene rings is 1. The summed E-state index contributed by atoms with van der Waals surface area (Å²) in [4.78, 5) is 37.1. The van der Waals surface area contributed by atoms with Gasteiger partial charge in [-0.05, 0) is 32.0 Å². The number of H-pyrrole nitrogens is 1. The van der Waals surface area contributed by atoms with E-state index in [2.05, 4.69) is 15.4 Å². The van der Waals surface area contributed by atoms with Gasteiger partial charge in [0.1, 0.15) is 5.82 Å². The van der Waals surface area contributed by atoms with Crippen LogP contribution in [-0.2, 0) is 11.3 Å². The lowest BCUT2D eigenvalue weighted by Gasteiger charge is -2.14. The molecule has 0 spiro atoms. The van der Waals surface area contributed by atoms with Gasteiger partial charge in [-0.1, -0.05) is 6.07 Å². The van der Waals surface area contributed by atoms with Gasteiger partial charge in [-0.15, -0.1) is 0 Å². The van der Waals surface area contributed by atoms with E-state index in [0.717, 1.165) is 11.3 Å². The fraction of sp³-hybridized carbons (Fsp3) is 0.263. The van der Waals surface area contributed by atoms with Gasteiger partial charge in [-0.2, -0.15) is 5.10 Å². The Morgan fingerprint density at radius 1 is 1.32 bits per heavy atom. The van der Waals surface area contributed by atoms with Crippen LogP contribution in [-0.4, -0.2) is 25.2 Å². The number of rotatable bonds is 6. The van der Waals surface area contributed by atoms with Gasteiger partial charge in [0.25, 0.3) is 5.56 Å². The number of amides is 1. The summed E-state index contributed by atoms with van der Waals surface area (Å²) in [6, 6.07) is 7.01. The van der Waals surface area contributed by atoms with E-state index in [9.17, 15) is 18.8 Å². The van der Waals surface area contributed by atoms with Crippen molar-refractivity contribution in [2.24, 2.45) is 0 Å². The number of aromatic amines is 1. The SMILES string of the molecule is Cc1c([C@H](C)NC(=O)CCn2ccc(=O)[nH]c2=O)cnn1-c1cccc(F)c1. The number of halogens is 1. The zero-order chi connectivity index (χ0) is 20.3. The number of carbonyl (C=O) groups excluding carboxylic acids is 1. The van der Waals surface area contributed by atoms with E-state index < -0.39 is 11.2 Å². The van der Waals surface area contributed by atoms with Crippen molar-refractivity contribution >= 4 is 5.91 Å². The van der Waals surface area contributed by atoms with Crippen LogP contribution in [0.15, 0.2) is 52.3 Å². The largest absolute Gasteiger partial charge is 0.349 e. The van der Waals surface area contributed by atoms with Crippen molar-refractivity contribution in [2.45, 2.75) is 32.9 Å². The fourth-order valence-electron chi connectivity index (χ4n) is 2.95. The van der Waals surface area contributed by atoms with Crippen LogP contribution in [0, 0.1) is 12.7 Å². The van der Waals surface area contributed by atoms with Crippen LogP contribution in [0.4, 0.5) is 4.39 Å². The van der Waals surface area contributed by atoms with Crippen LogP contribution < -0.4 is 16.6 Å². The maximum absolute atomic E-state index is 13.5. The Hall–Kier alpha value is -3.49. The van der Waals surface area contributed by atoms with Crippen molar-refractivity contribution in [1.29, 1.82) is 0 Å². The van der Waals surface area contributed by atoms with Gasteiger partial charge in [0.2, 0.25) is 5.91 Å². The quantitative estimate of drug-likeness (QED) is 0.670. The average molecular weight is 385 g/mol. The lowest BCUT2D eigenvalue weighted by atomic mass is 10.1. The molecule has 2 aromatic heterocycles. The van der Waals surface area contributed by atoms with Crippen LogP contribution in [0.2, 0.25) is 0 Å². The molecule has 0 unspecified atom stereocenters. The Morgan fingerprint density at radius 2 is 2.11 bits per heavy atom. The molecule has 1 amide bonds. The number of carbonyl (C=O) groups is 1. The van der Waals surface area contributed by atoms with Crippen molar-refractivity contribution in [3.8, 4) is 5.69 Å². The monoisotopic (exact) mass is 385 g/mol. The minimum Gasteiger partial charge on any atom is -0.349 e. The molecule has 3 aromatic rings. The van der Waals surface area contributed by atoms with Gasteiger partial charge in [0.15, 0.2) is 0 Å². The summed E-state index contributed by atoms with van der Waals surface area (Å²) >= 11 is 0. The van der Waals surface area contributed by atoms with Crippen molar-refractivity contribution in [3.05, 3.63) is 80.6 Å². The molecule has 2 heterocycles. The Bertz CT molecular complexity index is 1110. The number of hydrogen-bond donors (Lipinski definition) is 2. The third kappa shape index (κ3) is 4.25. The van der Waals surface area contributed by atoms with E-state index in [0.29, 0.717) is 5.69 Å². The molecule has 0 fully saturated rings. The second-order valence-corrected chi connectivity index (χ2v) is 6.42. The van der Waals surface area contributed by atoms with Crippen molar-refractivity contribution in [3.63, 3.8) is 0 Å². The predicted molar refractivity (Wildman–Crippen MR) is 101 cm³/mol. The highest BCUT2D eigenvalue weighted by Gasteiger charge is 2.16. The molecule has 0 saturated heterocycles. The van der Waals surface area contributed by atoms with Crippen LogP contribution in [0.1, 0.15) is 30.6 Å². The maximum Gasteiger partial charge on any atom is 0.328 e. The Kier molecular flexibility index (Phi) is 5.53. The molecule has 28 heavy (non-hydrogen) atoms. The molecule has 0 aliphatic heterocycles. The number of aryl methyl sites for hydroxylation is 1. The summed E-state index contributed by atoms with van der Waals surface area (Å²) in [6.07, 6.45) is 3.07. The molecule has 0 bridgehead atoms. The predicted octanol–water partition coefficient (Wildman–Crippen LogP) is 1.44. The summed E-state index contributed by atoms with van der Waals surface area (Å²) in [5.74, 6) is -0.601. The minimum absolute atomic E-state index is 0.0768. The van der Waals surface area contributed by atoms with E-state index in [1.165, 1.54) is 29.0 Å². The molecule has 2 N–H and O–H groups in total. The first kappa shape index (κ1) is 19.3. The molecule has 0 aliphatic rings. The first-order valence-corrected chi connectivity index (χ1v) is 8.75. The standard InChI is InChI=1S/C19H20FN5O3/c1-12(22-17(26)6-8-24-9-7-18(27)23-19(24)28)16-11-21-25(13(16)2)15-5-3-4-14(20)10-15/h3-5,7,9-12H,6,8H2,1-2H3,(H,22,26)(H,23,27,28)/t12-/m0/s1. The minimum atomic E-state index is -0.555. The summed E-state index contributed by atoms with van der Waals surface area (Å²) in [7, 11) is 0. The van der Waals surface area contributed by atoms with Crippen LogP contribution in [0.5, 0.6) is 0 Å². The van der Waals surface area contributed by atoms with Gasteiger partial charge in [0, 0.05) is 36.5 Å². The van der Waals surface area contributed by atoms with Gasteiger partial charge >= 0.3 is 5.69 Å². The Morgan fingerprint density at radius 3 is 2.82 bits per heavy atom. The zero-order valence-electron chi connectivity index (χ0n) is 15.5. The van der Waals surface area contributed by atoms with Gasteiger partial charge in [0.05, 0.1) is 17.9 Å². The highest BCUT2D eigenvalue weighted by atomic mass is 19.1. The normalized spacial score (nSPS) is 12.0. The van der Waals surface area contributed by atoms with Crippen LogP contribution in [0.3, 0.4) is 0 Å². The van der Waals surface area contributed by atoms with Crippen LogP contribution >= 0.6 is 0 Å². The maximum atomic E-state index is 13.5. The molecule has 0 aliphatic carbocycles. The molecule has 0 saturated carbocycles. The third-order valence-corrected chi connectivity index (χ3v) is 4.42.